The molecule has 0 unspecified atom stereocenters. The van der Waals surface area contributed by atoms with Crippen molar-refractivity contribution in [1.82, 2.24) is 0 Å². The Balaban J connectivity index is 0.000000233. The molecular formula is C68H63NO. The third-order valence-corrected chi connectivity index (χ3v) is 13.5. The second kappa shape index (κ2) is 21.4. The average Bonchev–Trinajstić information content (AvgIpc) is 3.87. The Morgan fingerprint density at radius 3 is 1.79 bits per heavy atom. The maximum Gasteiger partial charge on any atom is 0.112 e. The van der Waals surface area contributed by atoms with E-state index in [1.54, 1.807) is 6.08 Å². The van der Waals surface area contributed by atoms with E-state index < -0.39 is 5.41 Å². The first-order valence-corrected chi connectivity index (χ1v) is 24.1. The minimum absolute atomic E-state index is 0.572. The van der Waals surface area contributed by atoms with E-state index in [0.29, 0.717) is 0 Å². The van der Waals surface area contributed by atoms with E-state index in [4.69, 9.17) is 4.42 Å². The number of rotatable bonds is 11. The third kappa shape index (κ3) is 9.21. The van der Waals surface area contributed by atoms with Crippen LogP contribution in [0, 0.1) is 27.7 Å². The Morgan fingerprint density at radius 2 is 1.19 bits per heavy atom. The summed E-state index contributed by atoms with van der Waals surface area (Å²) in [6.07, 6.45) is 19.9. The molecule has 0 aliphatic heterocycles. The molecule has 2 nitrogen and oxygen atoms in total. The molecule has 2 heteroatoms. The molecule has 0 bridgehead atoms. The van der Waals surface area contributed by atoms with E-state index >= 15 is 0 Å². The van der Waals surface area contributed by atoms with Crippen LogP contribution in [0.1, 0.15) is 86.1 Å². The van der Waals surface area contributed by atoms with E-state index in [-0.39, 0.29) is 0 Å². The van der Waals surface area contributed by atoms with Gasteiger partial charge in [-0.2, -0.15) is 0 Å². The second-order valence-electron chi connectivity index (χ2n) is 18.0. The Hall–Kier alpha value is -8.20. The van der Waals surface area contributed by atoms with Crippen molar-refractivity contribution in [3.63, 3.8) is 0 Å². The molecule has 0 spiro atoms. The maximum atomic E-state index is 5.78. The first kappa shape index (κ1) is 48.3. The van der Waals surface area contributed by atoms with Crippen LogP contribution in [-0.4, -0.2) is 0 Å². The number of aryl methyl sites for hydroxylation is 5. The zero-order chi connectivity index (χ0) is 49.4. The van der Waals surface area contributed by atoms with Crippen molar-refractivity contribution in [2.45, 2.75) is 52.9 Å². The molecule has 7 aromatic carbocycles. The minimum Gasteiger partial charge on any atom is -0.465 e. The molecule has 1 aromatic heterocycles. The van der Waals surface area contributed by atoms with Crippen molar-refractivity contribution in [1.29, 1.82) is 0 Å². The molecule has 346 valence electrons. The van der Waals surface area contributed by atoms with Gasteiger partial charge in [-0.05, 0) is 127 Å². The number of nitrogens with zero attached hydrogens (tertiary/aromatic N) is 1. The van der Waals surface area contributed by atoms with Gasteiger partial charge in [-0.1, -0.05) is 226 Å². The lowest BCUT2D eigenvalue weighted by molar-refractivity contribution is 0.481. The lowest BCUT2D eigenvalue weighted by atomic mass is 9.67. The first-order chi connectivity index (χ1) is 34.1. The molecule has 0 saturated carbocycles. The molecule has 1 heterocycles. The second-order valence-corrected chi connectivity index (χ2v) is 18.0. The van der Waals surface area contributed by atoms with Gasteiger partial charge in [-0.3, -0.25) is 0 Å². The molecule has 0 amide bonds. The highest BCUT2D eigenvalue weighted by atomic mass is 16.3. The number of allylic oxidation sites excluding steroid dienone is 7. The monoisotopic (exact) mass is 909 g/mol. The fraction of sp³-hybridized carbons (Fsp3) is 0.118. The normalized spacial score (nSPS) is 13.0. The first-order valence-electron chi connectivity index (χ1n) is 24.1. The largest absolute Gasteiger partial charge is 0.465 e. The van der Waals surface area contributed by atoms with Crippen molar-refractivity contribution in [2.75, 3.05) is 4.90 Å². The highest BCUT2D eigenvalue weighted by molar-refractivity contribution is 5.99. The summed E-state index contributed by atoms with van der Waals surface area (Å²) in [5.41, 5.74) is 19.4. The van der Waals surface area contributed by atoms with Crippen LogP contribution in [0.2, 0.25) is 0 Å². The lowest BCUT2D eigenvalue weighted by Gasteiger charge is -2.36. The predicted octanol–water partition coefficient (Wildman–Crippen LogP) is 18.6. The van der Waals surface area contributed by atoms with E-state index in [2.05, 4.69) is 229 Å². The summed E-state index contributed by atoms with van der Waals surface area (Å²) < 4.78 is 5.78. The van der Waals surface area contributed by atoms with Crippen molar-refractivity contribution >= 4 is 45.9 Å². The zero-order valence-electron chi connectivity index (χ0n) is 41.4. The maximum absolute atomic E-state index is 5.78. The van der Waals surface area contributed by atoms with Crippen LogP contribution in [0.25, 0.3) is 45.7 Å². The molecule has 0 N–H and O–H groups in total. The van der Waals surface area contributed by atoms with Crippen LogP contribution in [0.3, 0.4) is 0 Å². The number of furan rings is 1. The SMILES string of the molecule is C=C/C=C(\C=C)N(c1ccc2ccccc2c1)c1cc2c(c(C=C)c1C=C)-c1ccc(C)cc1C2(c1ccccc1)c1ccccc1.C=C/C=C\c1c(C)oc2c1C(C)=CCC2.Cc1ccc(C)cc1. The quantitative estimate of drug-likeness (QED) is 0.120. The van der Waals surface area contributed by atoms with E-state index in [0.717, 1.165) is 57.9 Å². The summed E-state index contributed by atoms with van der Waals surface area (Å²) in [5, 5.41) is 2.35. The topological polar surface area (TPSA) is 16.4 Å². The minimum atomic E-state index is -0.572. The number of hydrogen-bond donors (Lipinski definition) is 0. The van der Waals surface area contributed by atoms with Crippen molar-refractivity contribution in [3.05, 3.63) is 299 Å². The number of hydrogen-bond acceptors (Lipinski definition) is 2. The van der Waals surface area contributed by atoms with Gasteiger partial charge in [0.1, 0.15) is 11.5 Å². The summed E-state index contributed by atoms with van der Waals surface area (Å²) >= 11 is 0. The van der Waals surface area contributed by atoms with E-state index in [1.807, 2.05) is 43.4 Å². The van der Waals surface area contributed by atoms with Crippen LogP contribution in [0.15, 0.2) is 231 Å². The zero-order valence-corrected chi connectivity index (χ0v) is 41.4. The Labute approximate surface area is 416 Å². The van der Waals surface area contributed by atoms with Crippen molar-refractivity contribution < 1.29 is 4.42 Å². The van der Waals surface area contributed by atoms with Gasteiger partial charge in [-0.25, -0.2) is 0 Å². The molecule has 70 heavy (non-hydrogen) atoms. The Kier molecular flexibility index (Phi) is 14.8. The van der Waals surface area contributed by atoms with Gasteiger partial charge in [0.15, 0.2) is 0 Å². The van der Waals surface area contributed by atoms with Gasteiger partial charge in [-0.15, -0.1) is 0 Å². The molecule has 0 radical (unpaired) electrons. The van der Waals surface area contributed by atoms with E-state index in [9.17, 15) is 0 Å². The molecule has 2 aliphatic rings. The molecule has 2 aliphatic carbocycles. The lowest BCUT2D eigenvalue weighted by Crippen LogP contribution is -2.29. The summed E-state index contributed by atoms with van der Waals surface area (Å²) in [6, 6.07) is 54.6. The Morgan fingerprint density at radius 1 is 0.571 bits per heavy atom. The van der Waals surface area contributed by atoms with Crippen molar-refractivity contribution in [3.8, 4) is 11.1 Å². The van der Waals surface area contributed by atoms with Gasteiger partial charge < -0.3 is 9.32 Å². The molecule has 0 atom stereocenters. The molecule has 10 rings (SSSR count). The van der Waals surface area contributed by atoms with Gasteiger partial charge in [0.2, 0.25) is 0 Å². The summed E-state index contributed by atoms with van der Waals surface area (Å²) in [6.45, 7) is 31.3. The predicted molar refractivity (Wildman–Crippen MR) is 304 cm³/mol. The standard InChI is InChI=1S/C46H37N.C14H16O.C8H10/c1-6-18-37(7-2)47(38-27-26-33-19-16-17-20-34(33)30-38)44-31-43-45(40(9-4)39(44)8-3)41-28-25-32(5)29-42(41)46(43,35-21-12-10-13-22-35)36-23-14-11-15-24-36;1-4-5-8-12-11(3)15-13-9-6-7-10(2)14(12)13;1-7-3-5-8(2)6-4-7/h6-31H,1-4H2,5H3;4-5,7-8H,1,6,9H2,2-3H3;3-6H,1-2H3/b37-18+;8-5-;. The molecule has 0 saturated heterocycles. The number of anilines is 2. The van der Waals surface area contributed by atoms with Crippen LogP contribution < -0.4 is 4.90 Å². The van der Waals surface area contributed by atoms with Crippen LogP contribution >= 0.6 is 0 Å². The molecule has 8 aromatic rings. The van der Waals surface area contributed by atoms with Crippen LogP contribution in [0.5, 0.6) is 0 Å². The van der Waals surface area contributed by atoms with Gasteiger partial charge in [0.25, 0.3) is 0 Å². The van der Waals surface area contributed by atoms with Crippen LogP contribution in [0.4, 0.5) is 11.4 Å². The third-order valence-electron chi connectivity index (χ3n) is 13.5. The van der Waals surface area contributed by atoms with Gasteiger partial charge in [0.05, 0.1) is 11.1 Å². The smallest absolute Gasteiger partial charge is 0.112 e. The summed E-state index contributed by atoms with van der Waals surface area (Å²) in [7, 11) is 0. The van der Waals surface area contributed by atoms with E-state index in [1.165, 1.54) is 72.2 Å². The molecular weight excluding hydrogens is 847 g/mol. The fourth-order valence-corrected chi connectivity index (χ4v) is 10.2. The molecule has 0 fully saturated rings. The fourth-order valence-electron chi connectivity index (χ4n) is 10.2. The van der Waals surface area contributed by atoms with Crippen molar-refractivity contribution in [2.24, 2.45) is 0 Å². The highest BCUT2D eigenvalue weighted by Crippen LogP contribution is 2.59. The van der Waals surface area contributed by atoms with Gasteiger partial charge in [0, 0.05) is 34.5 Å². The van der Waals surface area contributed by atoms with Gasteiger partial charge >= 0.3 is 0 Å². The van der Waals surface area contributed by atoms with Crippen LogP contribution in [-0.2, 0) is 11.8 Å². The summed E-state index contributed by atoms with van der Waals surface area (Å²) in [5.74, 6) is 2.14. The highest BCUT2D eigenvalue weighted by Gasteiger charge is 2.48. The average molecular weight is 910 g/mol. The summed E-state index contributed by atoms with van der Waals surface area (Å²) in [4.78, 5) is 2.28. The number of fused-ring (bicyclic) bond motifs is 5. The Bertz CT molecular complexity index is 3270. The number of benzene rings is 7.